The standard InChI is InChI=1S/C23H26N2O3/c1-15-6-11-20-18(13-15)19(14-23(2,3)28-20)24-22(27)16-7-9-17(10-8-16)25-12-4-5-21(25)26/h6-11,13,19H,4-5,12,14H2,1-3H3,(H,24,27)/t19-/m1/s1. The van der Waals surface area contributed by atoms with E-state index in [-0.39, 0.29) is 23.5 Å². The van der Waals surface area contributed by atoms with Gasteiger partial charge >= 0.3 is 0 Å². The second-order valence-electron chi connectivity index (χ2n) is 8.33. The summed E-state index contributed by atoms with van der Waals surface area (Å²) in [5, 5.41) is 3.17. The van der Waals surface area contributed by atoms with Gasteiger partial charge in [-0.1, -0.05) is 17.7 Å². The molecule has 1 N–H and O–H groups in total. The lowest BCUT2D eigenvalue weighted by atomic mass is 9.88. The van der Waals surface area contributed by atoms with Crippen LogP contribution in [0.3, 0.4) is 0 Å². The predicted molar refractivity (Wildman–Crippen MR) is 109 cm³/mol. The molecule has 2 aliphatic rings. The lowest BCUT2D eigenvalue weighted by Crippen LogP contribution is -2.41. The van der Waals surface area contributed by atoms with E-state index in [4.69, 9.17) is 4.74 Å². The van der Waals surface area contributed by atoms with Gasteiger partial charge in [-0.25, -0.2) is 0 Å². The Hall–Kier alpha value is -2.82. The number of anilines is 1. The average Bonchev–Trinajstić information content (AvgIpc) is 3.08. The summed E-state index contributed by atoms with van der Waals surface area (Å²) in [6.45, 7) is 6.86. The topological polar surface area (TPSA) is 58.6 Å². The van der Waals surface area contributed by atoms with Gasteiger partial charge in [0.25, 0.3) is 5.91 Å². The van der Waals surface area contributed by atoms with Crippen molar-refractivity contribution in [2.45, 2.75) is 51.7 Å². The third-order valence-corrected chi connectivity index (χ3v) is 5.44. The third kappa shape index (κ3) is 3.61. The molecule has 4 rings (SSSR count). The molecule has 0 bridgehead atoms. The zero-order valence-electron chi connectivity index (χ0n) is 16.6. The molecule has 2 heterocycles. The van der Waals surface area contributed by atoms with Crippen LogP contribution in [0, 0.1) is 6.92 Å². The van der Waals surface area contributed by atoms with Crippen molar-refractivity contribution in [3.8, 4) is 5.75 Å². The molecule has 1 fully saturated rings. The lowest BCUT2D eigenvalue weighted by Gasteiger charge is -2.38. The van der Waals surface area contributed by atoms with Crippen LogP contribution in [0.2, 0.25) is 0 Å². The van der Waals surface area contributed by atoms with Gasteiger partial charge in [-0.2, -0.15) is 0 Å². The summed E-state index contributed by atoms with van der Waals surface area (Å²) in [5.74, 6) is 0.859. The highest BCUT2D eigenvalue weighted by Crippen LogP contribution is 2.40. The molecule has 5 nitrogen and oxygen atoms in total. The minimum absolute atomic E-state index is 0.106. The van der Waals surface area contributed by atoms with Gasteiger partial charge in [-0.3, -0.25) is 9.59 Å². The summed E-state index contributed by atoms with van der Waals surface area (Å²) < 4.78 is 6.09. The second kappa shape index (κ2) is 6.97. The first kappa shape index (κ1) is 18.5. The molecule has 2 aliphatic heterocycles. The van der Waals surface area contributed by atoms with Gasteiger partial charge in [0.1, 0.15) is 11.4 Å². The van der Waals surface area contributed by atoms with E-state index in [0.717, 1.165) is 35.5 Å². The highest BCUT2D eigenvalue weighted by molar-refractivity contribution is 5.97. The maximum atomic E-state index is 12.9. The number of ether oxygens (including phenoxy) is 1. The molecule has 0 radical (unpaired) electrons. The Morgan fingerprint density at radius 2 is 1.93 bits per heavy atom. The van der Waals surface area contributed by atoms with Gasteiger partial charge < -0.3 is 15.0 Å². The van der Waals surface area contributed by atoms with Crippen LogP contribution in [0.25, 0.3) is 0 Å². The average molecular weight is 378 g/mol. The van der Waals surface area contributed by atoms with E-state index in [1.807, 2.05) is 45.0 Å². The largest absolute Gasteiger partial charge is 0.487 e. The van der Waals surface area contributed by atoms with Crippen molar-refractivity contribution in [3.05, 3.63) is 59.2 Å². The zero-order chi connectivity index (χ0) is 19.9. The quantitative estimate of drug-likeness (QED) is 0.873. The first-order chi connectivity index (χ1) is 13.3. The predicted octanol–water partition coefficient (Wildman–Crippen LogP) is 4.15. The van der Waals surface area contributed by atoms with Crippen LogP contribution in [-0.2, 0) is 4.79 Å². The van der Waals surface area contributed by atoms with Gasteiger partial charge in [0, 0.05) is 36.2 Å². The second-order valence-corrected chi connectivity index (χ2v) is 8.33. The third-order valence-electron chi connectivity index (χ3n) is 5.44. The van der Waals surface area contributed by atoms with Crippen molar-refractivity contribution in [1.29, 1.82) is 0 Å². The number of nitrogens with one attached hydrogen (secondary N) is 1. The Kier molecular flexibility index (Phi) is 4.61. The molecule has 1 saturated heterocycles. The molecule has 0 aromatic heterocycles. The summed E-state index contributed by atoms with van der Waals surface area (Å²) >= 11 is 0. The molecule has 2 amide bonds. The first-order valence-electron chi connectivity index (χ1n) is 9.83. The van der Waals surface area contributed by atoms with Crippen LogP contribution in [-0.4, -0.2) is 24.0 Å². The van der Waals surface area contributed by atoms with Crippen molar-refractivity contribution in [2.24, 2.45) is 0 Å². The molecule has 28 heavy (non-hydrogen) atoms. The number of hydrogen-bond donors (Lipinski definition) is 1. The summed E-state index contributed by atoms with van der Waals surface area (Å²) in [6.07, 6.45) is 2.19. The van der Waals surface area contributed by atoms with Gasteiger partial charge in [-0.15, -0.1) is 0 Å². The van der Waals surface area contributed by atoms with Crippen molar-refractivity contribution in [2.75, 3.05) is 11.4 Å². The summed E-state index contributed by atoms with van der Waals surface area (Å²) in [4.78, 5) is 26.6. The molecular formula is C23H26N2O3. The number of carbonyl (C=O) groups excluding carboxylic acids is 2. The number of amides is 2. The maximum absolute atomic E-state index is 12.9. The van der Waals surface area contributed by atoms with Crippen LogP contribution in [0.15, 0.2) is 42.5 Å². The van der Waals surface area contributed by atoms with Crippen LogP contribution < -0.4 is 15.0 Å². The molecule has 0 saturated carbocycles. The number of hydrogen-bond acceptors (Lipinski definition) is 3. The molecule has 2 aromatic carbocycles. The molecule has 1 atom stereocenters. The molecule has 5 heteroatoms. The molecule has 0 unspecified atom stereocenters. The molecular weight excluding hydrogens is 352 g/mol. The van der Waals surface area contributed by atoms with E-state index in [2.05, 4.69) is 11.4 Å². The fourth-order valence-electron chi connectivity index (χ4n) is 4.06. The van der Waals surface area contributed by atoms with E-state index in [1.165, 1.54) is 0 Å². The van der Waals surface area contributed by atoms with Crippen molar-refractivity contribution < 1.29 is 14.3 Å². The van der Waals surface area contributed by atoms with E-state index < -0.39 is 0 Å². The minimum Gasteiger partial charge on any atom is -0.487 e. The first-order valence-corrected chi connectivity index (χ1v) is 9.83. The molecule has 0 spiro atoms. The van der Waals surface area contributed by atoms with Crippen molar-refractivity contribution >= 4 is 17.5 Å². The van der Waals surface area contributed by atoms with Gasteiger partial charge in [0.2, 0.25) is 5.91 Å². The SMILES string of the molecule is Cc1ccc2c(c1)[C@H](NC(=O)c1ccc(N3CCCC3=O)cc1)CC(C)(C)O2. The number of aryl methyl sites for hydroxylation is 1. The molecule has 146 valence electrons. The van der Waals surface area contributed by atoms with Crippen LogP contribution in [0.5, 0.6) is 5.75 Å². The normalized spacial score (nSPS) is 20.5. The minimum atomic E-state index is -0.347. The monoisotopic (exact) mass is 378 g/mol. The van der Waals surface area contributed by atoms with Gasteiger partial charge in [0.05, 0.1) is 6.04 Å². The summed E-state index contributed by atoms with van der Waals surface area (Å²) in [7, 11) is 0. The number of fused-ring (bicyclic) bond motifs is 1. The Labute approximate surface area is 165 Å². The number of carbonyl (C=O) groups is 2. The summed E-state index contributed by atoms with van der Waals surface area (Å²) in [5.41, 5.74) is 3.26. The number of nitrogens with zero attached hydrogens (tertiary/aromatic N) is 1. The Morgan fingerprint density at radius 3 is 2.61 bits per heavy atom. The number of rotatable bonds is 3. The van der Waals surface area contributed by atoms with Gasteiger partial charge in [-0.05, 0) is 57.5 Å². The van der Waals surface area contributed by atoms with E-state index >= 15 is 0 Å². The van der Waals surface area contributed by atoms with E-state index in [1.54, 1.807) is 17.0 Å². The summed E-state index contributed by atoms with van der Waals surface area (Å²) in [6, 6.07) is 13.3. The van der Waals surface area contributed by atoms with Crippen LogP contribution >= 0.6 is 0 Å². The zero-order valence-corrected chi connectivity index (χ0v) is 16.6. The smallest absolute Gasteiger partial charge is 0.251 e. The fraction of sp³-hybridized carbons (Fsp3) is 0.391. The Morgan fingerprint density at radius 1 is 1.18 bits per heavy atom. The Bertz CT molecular complexity index is 918. The fourth-order valence-corrected chi connectivity index (χ4v) is 4.06. The van der Waals surface area contributed by atoms with Crippen LogP contribution in [0.4, 0.5) is 5.69 Å². The molecule has 2 aromatic rings. The molecule has 0 aliphatic carbocycles. The van der Waals surface area contributed by atoms with E-state index in [9.17, 15) is 9.59 Å². The Balaban J connectivity index is 1.53. The highest BCUT2D eigenvalue weighted by Gasteiger charge is 2.34. The van der Waals surface area contributed by atoms with Crippen molar-refractivity contribution in [1.82, 2.24) is 5.32 Å². The van der Waals surface area contributed by atoms with E-state index in [0.29, 0.717) is 18.4 Å². The number of benzene rings is 2. The van der Waals surface area contributed by atoms with Gasteiger partial charge in [0.15, 0.2) is 0 Å². The van der Waals surface area contributed by atoms with Crippen molar-refractivity contribution in [3.63, 3.8) is 0 Å². The maximum Gasteiger partial charge on any atom is 0.251 e. The lowest BCUT2D eigenvalue weighted by molar-refractivity contribution is -0.117. The highest BCUT2D eigenvalue weighted by atomic mass is 16.5. The van der Waals surface area contributed by atoms with Crippen LogP contribution in [0.1, 0.15) is 60.6 Å².